The van der Waals surface area contributed by atoms with Crippen LogP contribution in [0.1, 0.15) is 41.6 Å². The van der Waals surface area contributed by atoms with Gasteiger partial charge in [-0.2, -0.15) is 0 Å². The van der Waals surface area contributed by atoms with E-state index in [-0.39, 0.29) is 53.5 Å². The molecule has 0 saturated carbocycles. The zero-order valence-electron chi connectivity index (χ0n) is 40.7. The minimum atomic E-state index is -0.911. The summed E-state index contributed by atoms with van der Waals surface area (Å²) in [7, 11) is 1.53. The number of aromatic hydroxyl groups is 1. The monoisotopic (exact) mass is 978 g/mol. The number of nitrogens with one attached hydrogen (secondary N) is 1. The van der Waals surface area contributed by atoms with Crippen molar-refractivity contribution in [1.29, 1.82) is 0 Å². The number of urea groups is 2. The van der Waals surface area contributed by atoms with Crippen LogP contribution in [0, 0.1) is 11.8 Å². The largest absolute Gasteiger partial charge is 0.504 e. The fourth-order valence-electron chi connectivity index (χ4n) is 13.5. The Morgan fingerprint density at radius 3 is 1.78 bits per heavy atom. The summed E-state index contributed by atoms with van der Waals surface area (Å²) < 4.78 is 16.1. The first-order valence-corrected chi connectivity index (χ1v) is 25.6. The average molecular weight is 979 g/mol. The summed E-state index contributed by atoms with van der Waals surface area (Å²) in [6.45, 7) is 11.3. The van der Waals surface area contributed by atoms with Crippen LogP contribution in [0.25, 0.3) is 21.8 Å². The molecule has 376 valence electrons. The molecule has 13 rings (SSSR count). The second kappa shape index (κ2) is 19.0. The van der Waals surface area contributed by atoms with E-state index >= 15 is 0 Å². The van der Waals surface area contributed by atoms with E-state index in [0.29, 0.717) is 91.0 Å². The molecule has 0 bridgehead atoms. The summed E-state index contributed by atoms with van der Waals surface area (Å²) >= 11 is 0. The molecule has 18 heteroatoms. The number of carbonyl (C=O) groups is 4. The summed E-state index contributed by atoms with van der Waals surface area (Å²) in [5, 5.41) is 15.8. The van der Waals surface area contributed by atoms with Gasteiger partial charge in [-0.05, 0) is 65.9 Å². The van der Waals surface area contributed by atoms with Crippen LogP contribution in [0.4, 0.5) is 9.59 Å². The van der Waals surface area contributed by atoms with Crippen LogP contribution < -0.4 is 10.1 Å². The lowest BCUT2D eigenvalue weighted by Crippen LogP contribution is -2.51. The molecule has 8 aliphatic rings. The third-order valence-electron chi connectivity index (χ3n) is 16.9. The smallest absolute Gasteiger partial charge is 0.328 e. The first-order valence-electron chi connectivity index (χ1n) is 25.6. The second-order valence-electron chi connectivity index (χ2n) is 20.5. The van der Waals surface area contributed by atoms with Gasteiger partial charge in [0.15, 0.2) is 11.5 Å². The van der Waals surface area contributed by atoms with Crippen molar-refractivity contribution in [3.8, 4) is 11.5 Å². The molecule has 8 aliphatic heterocycles. The molecule has 0 unspecified atom stereocenters. The van der Waals surface area contributed by atoms with Gasteiger partial charge in [0.1, 0.15) is 11.1 Å². The molecule has 2 spiro atoms. The van der Waals surface area contributed by atoms with Crippen molar-refractivity contribution in [1.82, 2.24) is 49.6 Å². The topological polar surface area (TPSA) is 177 Å². The minimum Gasteiger partial charge on any atom is -0.504 e. The van der Waals surface area contributed by atoms with Crippen LogP contribution in [0.15, 0.2) is 91.3 Å². The summed E-state index contributed by atoms with van der Waals surface area (Å²) in [6.07, 6.45) is 5.14. The highest BCUT2D eigenvalue weighted by atomic mass is 16.5. The third-order valence-corrected chi connectivity index (χ3v) is 16.9. The van der Waals surface area contributed by atoms with Gasteiger partial charge in [0, 0.05) is 120 Å². The van der Waals surface area contributed by atoms with Gasteiger partial charge in [-0.25, -0.2) is 9.59 Å². The van der Waals surface area contributed by atoms with E-state index < -0.39 is 11.1 Å². The molecule has 2 aromatic heterocycles. The number of benzene rings is 3. The number of hydrogen-bond donors (Lipinski definition) is 2. The van der Waals surface area contributed by atoms with Crippen molar-refractivity contribution in [3.63, 3.8) is 0 Å². The first kappa shape index (κ1) is 46.8. The van der Waals surface area contributed by atoms with E-state index in [4.69, 9.17) is 14.2 Å². The molecule has 0 radical (unpaired) electrons. The number of morpholine rings is 2. The Hall–Kier alpha value is -6.28. The number of phenols is 1. The molecule has 6 amide bonds. The predicted molar refractivity (Wildman–Crippen MR) is 266 cm³/mol. The van der Waals surface area contributed by atoms with Gasteiger partial charge in [-0.3, -0.25) is 44.1 Å². The number of amides is 6. The van der Waals surface area contributed by atoms with E-state index in [1.54, 1.807) is 18.3 Å². The molecule has 8 saturated heterocycles. The average Bonchev–Trinajstić information content (AvgIpc) is 4.22. The lowest BCUT2D eigenvalue weighted by Gasteiger charge is -2.32. The number of hydrogen-bond acceptors (Lipinski definition) is 14. The van der Waals surface area contributed by atoms with Crippen molar-refractivity contribution in [2.45, 2.75) is 42.5 Å². The molecule has 8 fully saturated rings. The molecule has 3 aromatic carbocycles. The van der Waals surface area contributed by atoms with Gasteiger partial charge in [0.25, 0.3) is 11.8 Å². The minimum absolute atomic E-state index is 0.00360. The van der Waals surface area contributed by atoms with Gasteiger partial charge in [0.2, 0.25) is 0 Å². The molecule has 2 N–H and O–H groups in total. The Kier molecular flexibility index (Phi) is 12.3. The van der Waals surface area contributed by atoms with E-state index in [2.05, 4.69) is 42.1 Å². The number of likely N-dealkylation sites (tertiary alicyclic amines) is 1. The highest BCUT2D eigenvalue weighted by Gasteiger charge is 2.71. The number of phenolic OH excluding ortho intramolecular Hbond substituents is 1. The Morgan fingerprint density at radius 1 is 0.667 bits per heavy atom. The predicted octanol–water partition coefficient (Wildman–Crippen LogP) is 4.10. The molecule has 18 nitrogen and oxygen atoms in total. The number of carbonyl (C=O) groups excluding carboxylic acids is 4. The number of imide groups is 2. The second-order valence-corrected chi connectivity index (χ2v) is 20.5. The van der Waals surface area contributed by atoms with Crippen LogP contribution >= 0.6 is 0 Å². The van der Waals surface area contributed by atoms with Crippen LogP contribution in [-0.2, 0) is 25.6 Å². The van der Waals surface area contributed by atoms with E-state index in [9.17, 15) is 24.3 Å². The number of aromatic nitrogens is 2. The highest BCUT2D eigenvalue weighted by molar-refractivity contribution is 6.09. The number of methoxy groups -OCH3 is 1. The number of fused-ring (bicyclic) bond motifs is 2. The number of rotatable bonds is 11. The maximum absolute atomic E-state index is 14.4. The number of ether oxygens (including phenoxy) is 3. The summed E-state index contributed by atoms with van der Waals surface area (Å²) in [5.74, 6) is 0.542. The van der Waals surface area contributed by atoms with Gasteiger partial charge in [0.05, 0.1) is 56.7 Å². The molecule has 0 aliphatic carbocycles. The number of nitrogens with zero attached hydrogens (tertiary/aromatic N) is 9. The van der Waals surface area contributed by atoms with Crippen molar-refractivity contribution in [3.05, 3.63) is 108 Å². The van der Waals surface area contributed by atoms with E-state index in [1.165, 1.54) is 16.9 Å². The van der Waals surface area contributed by atoms with E-state index in [1.807, 2.05) is 70.6 Å². The highest BCUT2D eigenvalue weighted by Crippen LogP contribution is 2.56. The Labute approximate surface area is 418 Å². The molecule has 6 atom stereocenters. The lowest BCUT2D eigenvalue weighted by molar-refractivity contribution is -0.134. The summed E-state index contributed by atoms with van der Waals surface area (Å²) in [5.41, 5.74) is 3.22. The van der Waals surface area contributed by atoms with Crippen LogP contribution in [0.5, 0.6) is 11.5 Å². The number of pyridine rings is 2. The fourth-order valence-corrected chi connectivity index (χ4v) is 13.5. The third kappa shape index (κ3) is 7.67. The van der Waals surface area contributed by atoms with Crippen LogP contribution in [-0.4, -0.2) is 196 Å². The Morgan fingerprint density at radius 2 is 1.21 bits per heavy atom. The maximum Gasteiger partial charge on any atom is 0.328 e. The van der Waals surface area contributed by atoms with Gasteiger partial charge < -0.3 is 34.4 Å². The molecule has 10 heterocycles. The lowest BCUT2D eigenvalue weighted by atomic mass is 9.87. The Bertz CT molecular complexity index is 2900. The first-order chi connectivity index (χ1) is 35.2. The Balaban J connectivity index is 0.000000153. The van der Waals surface area contributed by atoms with Crippen molar-refractivity contribution >= 4 is 45.7 Å². The van der Waals surface area contributed by atoms with Crippen molar-refractivity contribution in [2.75, 3.05) is 112 Å². The quantitative estimate of drug-likeness (QED) is 0.181. The number of para-hydroxylation sites is 2. The zero-order chi connectivity index (χ0) is 49.1. The molecule has 72 heavy (non-hydrogen) atoms. The van der Waals surface area contributed by atoms with Crippen LogP contribution in [0.2, 0.25) is 0 Å². The van der Waals surface area contributed by atoms with Crippen molar-refractivity contribution in [2.24, 2.45) is 11.8 Å². The molecular weight excluding hydrogens is 917 g/mol. The normalized spacial score (nSPS) is 28.5. The van der Waals surface area contributed by atoms with Gasteiger partial charge in [-0.1, -0.05) is 42.5 Å². The fraction of sp³-hybridized carbons (Fsp3) is 0.481. The summed E-state index contributed by atoms with van der Waals surface area (Å²) in [4.78, 5) is 78.6. The SMILES string of the molecule is COc1ccc(CN2C[C@H]3C[C@H](c4ccnc5ccccc45)N4C(=O)N(CCN5CCOCC5)C(=O)[C@]34C2)cc1O.O=C1N(CCN2CCOCC2)C(=O)[C@]23CNC[C@H]2C[C@H](c2ccnc4ccccc24)N13. The molecule has 5 aromatic rings. The standard InChI is InChI=1S/C31H35N5O5.C23H27N5O3/c1-40-28-7-6-21(16-27(28)37)18-34-19-22-17-26(24-8-9-32-25-5-3-2-4-23(24)25)36-30(39)35(29(38)31(22,36)20-34)11-10-33-12-14-41-15-13-33;29-21-23-15-24-14-16(23)13-20(18-5-6-25-19-4-2-1-3-17(18)19)28(23)22(30)27(21)8-7-26-9-11-31-12-10-26/h2-9,16,22,26,37H,10-15,17-20H2,1H3;1-6,16,20,24H,7-15H2/t22-,26-,31+;16-,20-,23+/m11/s1. The van der Waals surface area contributed by atoms with Crippen molar-refractivity contribution < 1.29 is 38.5 Å². The van der Waals surface area contributed by atoms with E-state index in [0.717, 1.165) is 77.6 Å². The van der Waals surface area contributed by atoms with Crippen LogP contribution in [0.3, 0.4) is 0 Å². The maximum atomic E-state index is 14.4. The van der Waals surface area contributed by atoms with Gasteiger partial charge >= 0.3 is 12.1 Å². The molecular formula is C54H62N10O8. The zero-order valence-corrected chi connectivity index (χ0v) is 40.7. The summed E-state index contributed by atoms with van der Waals surface area (Å²) in [6, 6.07) is 24.8. The van der Waals surface area contributed by atoms with Gasteiger partial charge in [-0.15, -0.1) is 0 Å².